The van der Waals surface area contributed by atoms with Gasteiger partial charge in [-0.2, -0.15) is 9.78 Å². The standard InChI is InChI=1S/C16H13N3O3S2/c1-10-7-8-14(23-10)19-16(20)12-9-18(24(2,21)22)13-6-4-3-5-11(13)15(12)17-19/h3-9H,1-2H3. The van der Waals surface area contributed by atoms with Gasteiger partial charge >= 0.3 is 0 Å². The predicted molar refractivity (Wildman–Crippen MR) is 94.8 cm³/mol. The van der Waals surface area contributed by atoms with E-state index in [4.69, 9.17) is 0 Å². The summed E-state index contributed by atoms with van der Waals surface area (Å²) >= 11 is 1.46. The monoisotopic (exact) mass is 359 g/mol. The number of rotatable bonds is 2. The molecule has 3 heterocycles. The second-order valence-electron chi connectivity index (χ2n) is 5.57. The second kappa shape index (κ2) is 5.02. The van der Waals surface area contributed by atoms with Crippen LogP contribution >= 0.6 is 11.3 Å². The molecule has 1 aromatic heterocycles. The Labute approximate surface area is 142 Å². The zero-order valence-electron chi connectivity index (χ0n) is 12.9. The van der Waals surface area contributed by atoms with Gasteiger partial charge in [0, 0.05) is 16.5 Å². The summed E-state index contributed by atoms with van der Waals surface area (Å²) in [5, 5.41) is 5.79. The third kappa shape index (κ3) is 2.18. The van der Waals surface area contributed by atoms with Crippen LogP contribution in [-0.4, -0.2) is 28.4 Å². The van der Waals surface area contributed by atoms with Crippen molar-refractivity contribution in [2.75, 3.05) is 6.26 Å². The van der Waals surface area contributed by atoms with Crippen LogP contribution in [0, 0.1) is 6.92 Å². The van der Waals surface area contributed by atoms with Crippen molar-refractivity contribution in [2.24, 2.45) is 0 Å². The molecule has 0 aliphatic carbocycles. The van der Waals surface area contributed by atoms with Crippen molar-refractivity contribution in [3.05, 3.63) is 57.8 Å². The minimum atomic E-state index is -3.55. The van der Waals surface area contributed by atoms with E-state index in [1.54, 1.807) is 24.3 Å². The van der Waals surface area contributed by atoms with E-state index in [0.717, 1.165) is 15.1 Å². The highest BCUT2D eigenvalue weighted by Gasteiger charge is 2.23. The SMILES string of the molecule is Cc1ccc(-n2nc3c4ccccc4n(S(C)(=O)=O)cc-3c2=O)s1. The van der Waals surface area contributed by atoms with Gasteiger partial charge in [-0.1, -0.05) is 18.2 Å². The van der Waals surface area contributed by atoms with Gasteiger partial charge < -0.3 is 0 Å². The highest BCUT2D eigenvalue weighted by molar-refractivity contribution is 7.89. The maximum atomic E-state index is 12.8. The summed E-state index contributed by atoms with van der Waals surface area (Å²) in [6, 6.07) is 10.8. The molecule has 0 saturated heterocycles. The quantitative estimate of drug-likeness (QED) is 0.551. The molecule has 0 fully saturated rings. The molecule has 0 unspecified atom stereocenters. The Kier molecular flexibility index (Phi) is 3.16. The highest BCUT2D eigenvalue weighted by atomic mass is 32.2. The minimum absolute atomic E-state index is 0.283. The lowest BCUT2D eigenvalue weighted by Crippen LogP contribution is -2.16. The van der Waals surface area contributed by atoms with Gasteiger partial charge in [0.2, 0.25) is 10.0 Å². The average Bonchev–Trinajstić information content (AvgIpc) is 3.09. The van der Waals surface area contributed by atoms with E-state index in [0.29, 0.717) is 21.6 Å². The number of hydrogen-bond acceptors (Lipinski definition) is 5. The summed E-state index contributed by atoms with van der Waals surface area (Å²) in [6.07, 6.45) is 2.47. The van der Waals surface area contributed by atoms with Crippen molar-refractivity contribution in [1.82, 2.24) is 13.8 Å². The molecule has 8 heteroatoms. The molecule has 4 rings (SSSR count). The number of aromatic nitrogens is 3. The van der Waals surface area contributed by atoms with Crippen LogP contribution in [0.3, 0.4) is 0 Å². The zero-order valence-corrected chi connectivity index (χ0v) is 14.6. The molecule has 24 heavy (non-hydrogen) atoms. The van der Waals surface area contributed by atoms with E-state index in [1.807, 2.05) is 19.1 Å². The van der Waals surface area contributed by atoms with Gasteiger partial charge in [0.25, 0.3) is 5.56 Å². The molecule has 2 aliphatic heterocycles. The minimum Gasteiger partial charge on any atom is -0.267 e. The van der Waals surface area contributed by atoms with E-state index in [9.17, 15) is 13.2 Å². The number of nitrogens with zero attached hydrogens (tertiary/aromatic N) is 3. The maximum absolute atomic E-state index is 12.8. The van der Waals surface area contributed by atoms with Crippen LogP contribution < -0.4 is 5.56 Å². The number of para-hydroxylation sites is 1. The number of hydrogen-bond donors (Lipinski definition) is 0. The molecule has 6 nitrogen and oxygen atoms in total. The average molecular weight is 359 g/mol. The normalized spacial score (nSPS) is 12.2. The van der Waals surface area contributed by atoms with Crippen molar-refractivity contribution in [3.8, 4) is 16.3 Å². The lowest BCUT2D eigenvalue weighted by atomic mass is 10.1. The fourth-order valence-corrected chi connectivity index (χ4v) is 4.37. The van der Waals surface area contributed by atoms with E-state index >= 15 is 0 Å². The summed E-state index contributed by atoms with van der Waals surface area (Å²) in [6.45, 7) is 1.95. The third-order valence-electron chi connectivity index (χ3n) is 3.81. The lowest BCUT2D eigenvalue weighted by Gasteiger charge is -2.11. The zero-order chi connectivity index (χ0) is 17.1. The number of benzene rings is 1. The summed E-state index contributed by atoms with van der Waals surface area (Å²) in [4.78, 5) is 13.8. The maximum Gasteiger partial charge on any atom is 0.283 e. The molecule has 0 N–H and O–H groups in total. The second-order valence-corrected chi connectivity index (χ2v) is 8.69. The molecule has 122 valence electrons. The van der Waals surface area contributed by atoms with Crippen LogP contribution in [0.2, 0.25) is 0 Å². The Bertz CT molecular complexity index is 1220. The molecule has 0 amide bonds. The Morgan fingerprint density at radius 3 is 2.54 bits per heavy atom. The number of fused-ring (bicyclic) bond motifs is 3. The highest BCUT2D eigenvalue weighted by Crippen LogP contribution is 2.29. The Balaban J connectivity index is 2.17. The van der Waals surface area contributed by atoms with E-state index in [-0.39, 0.29) is 11.1 Å². The number of thiophene rings is 1. The molecule has 0 radical (unpaired) electrons. The molecule has 0 saturated carbocycles. The topological polar surface area (TPSA) is 74.0 Å². The van der Waals surface area contributed by atoms with Crippen molar-refractivity contribution in [2.45, 2.75) is 6.92 Å². The molecular formula is C16H13N3O3S2. The molecule has 0 spiro atoms. The van der Waals surface area contributed by atoms with Crippen LogP contribution in [0.15, 0.2) is 47.4 Å². The molecule has 0 bridgehead atoms. The van der Waals surface area contributed by atoms with Crippen molar-refractivity contribution in [3.63, 3.8) is 0 Å². The Morgan fingerprint density at radius 1 is 1.12 bits per heavy atom. The first kappa shape index (κ1) is 15.1. The van der Waals surface area contributed by atoms with Crippen LogP contribution in [0.25, 0.3) is 27.2 Å². The largest absolute Gasteiger partial charge is 0.283 e. The molecular weight excluding hydrogens is 346 g/mol. The predicted octanol–water partition coefficient (Wildman–Crippen LogP) is 2.47. The first-order valence-electron chi connectivity index (χ1n) is 7.17. The number of pyridine rings is 1. The fourth-order valence-electron chi connectivity index (χ4n) is 2.74. The third-order valence-corrected chi connectivity index (χ3v) is 5.81. The van der Waals surface area contributed by atoms with Gasteiger partial charge in [-0.05, 0) is 25.1 Å². The van der Waals surface area contributed by atoms with Crippen molar-refractivity contribution in [1.29, 1.82) is 0 Å². The van der Waals surface area contributed by atoms with Crippen LogP contribution in [0.1, 0.15) is 4.88 Å². The Hall–Kier alpha value is -2.45. The lowest BCUT2D eigenvalue weighted by molar-refractivity contribution is 0.595. The summed E-state index contributed by atoms with van der Waals surface area (Å²) < 4.78 is 26.7. The van der Waals surface area contributed by atoms with Crippen molar-refractivity contribution >= 4 is 32.3 Å². The van der Waals surface area contributed by atoms with Gasteiger partial charge in [-0.3, -0.25) is 4.79 Å². The molecule has 1 aromatic carbocycles. The van der Waals surface area contributed by atoms with E-state index < -0.39 is 10.0 Å². The van der Waals surface area contributed by atoms with E-state index in [1.165, 1.54) is 22.2 Å². The molecule has 0 atom stereocenters. The van der Waals surface area contributed by atoms with Gasteiger partial charge in [-0.25, -0.2) is 12.4 Å². The van der Waals surface area contributed by atoms with Gasteiger partial charge in [0.15, 0.2) is 0 Å². The fraction of sp³-hybridized carbons (Fsp3) is 0.125. The first-order valence-corrected chi connectivity index (χ1v) is 9.83. The Morgan fingerprint density at radius 2 is 1.88 bits per heavy atom. The smallest absolute Gasteiger partial charge is 0.267 e. The van der Waals surface area contributed by atoms with Crippen molar-refractivity contribution < 1.29 is 8.42 Å². The van der Waals surface area contributed by atoms with Crippen LogP contribution in [0.5, 0.6) is 0 Å². The summed E-state index contributed by atoms with van der Waals surface area (Å²) in [5.41, 5.74) is 0.959. The van der Waals surface area contributed by atoms with Gasteiger partial charge in [0.1, 0.15) is 10.7 Å². The summed E-state index contributed by atoms with van der Waals surface area (Å²) in [7, 11) is -3.55. The van der Waals surface area contributed by atoms with Crippen LogP contribution in [-0.2, 0) is 10.0 Å². The molecule has 2 aliphatic rings. The van der Waals surface area contributed by atoms with Crippen LogP contribution in [0.4, 0.5) is 0 Å². The van der Waals surface area contributed by atoms with Gasteiger partial charge in [0.05, 0.1) is 17.3 Å². The summed E-state index contributed by atoms with van der Waals surface area (Å²) in [5.74, 6) is 0. The first-order chi connectivity index (χ1) is 11.4. The van der Waals surface area contributed by atoms with Gasteiger partial charge in [-0.15, -0.1) is 11.3 Å². The van der Waals surface area contributed by atoms with E-state index in [2.05, 4.69) is 5.10 Å². The number of aryl methyl sites for hydroxylation is 1. The molecule has 2 aromatic rings.